The smallest absolute Gasteiger partial charge is 0.309 e. The van der Waals surface area contributed by atoms with E-state index in [0.717, 1.165) is 19.4 Å². The molecule has 2 aliphatic rings. The second-order valence-electron chi connectivity index (χ2n) is 4.16. The highest BCUT2D eigenvalue weighted by molar-refractivity contribution is 5.75. The lowest BCUT2D eigenvalue weighted by molar-refractivity contribution is -0.153. The van der Waals surface area contributed by atoms with E-state index in [1.165, 1.54) is 0 Å². The van der Waals surface area contributed by atoms with Crippen LogP contribution in [0.1, 0.15) is 26.7 Å². The van der Waals surface area contributed by atoms with E-state index in [1.807, 2.05) is 6.92 Å². The number of rotatable bonds is 2. The molecule has 0 bridgehead atoms. The molecule has 0 N–H and O–H groups in total. The zero-order valence-electron chi connectivity index (χ0n) is 8.16. The van der Waals surface area contributed by atoms with Crippen LogP contribution in [0.3, 0.4) is 0 Å². The Kier molecular flexibility index (Phi) is 2.28. The molecule has 1 saturated heterocycles. The van der Waals surface area contributed by atoms with Crippen molar-refractivity contribution in [3.8, 4) is 0 Å². The minimum absolute atomic E-state index is 0.000278. The highest BCUT2D eigenvalue weighted by atomic mass is 16.6. The van der Waals surface area contributed by atoms with E-state index in [-0.39, 0.29) is 24.1 Å². The molecule has 74 valence electrons. The number of carbonyl (C=O) groups is 1. The van der Waals surface area contributed by atoms with Crippen molar-refractivity contribution in [3.63, 3.8) is 0 Å². The van der Waals surface area contributed by atoms with Gasteiger partial charge in [0.2, 0.25) is 0 Å². The molecule has 0 amide bonds. The Balaban J connectivity index is 1.80. The van der Waals surface area contributed by atoms with Gasteiger partial charge in [0.1, 0.15) is 6.10 Å². The van der Waals surface area contributed by atoms with Gasteiger partial charge in [-0.15, -0.1) is 0 Å². The zero-order valence-corrected chi connectivity index (χ0v) is 8.16. The molecule has 3 heteroatoms. The van der Waals surface area contributed by atoms with Gasteiger partial charge in [-0.25, -0.2) is 0 Å². The van der Waals surface area contributed by atoms with Gasteiger partial charge in [0, 0.05) is 6.42 Å². The summed E-state index contributed by atoms with van der Waals surface area (Å²) in [5.41, 5.74) is 0. The molecule has 1 heterocycles. The molecule has 2 unspecified atom stereocenters. The first-order valence-corrected chi connectivity index (χ1v) is 5.00. The minimum Gasteiger partial charge on any atom is -0.459 e. The maximum atomic E-state index is 11.4. The SMILES string of the molecule is CC1OCCC1OC(=O)[C@H]1C[C@@H]1C. The average molecular weight is 184 g/mol. The highest BCUT2D eigenvalue weighted by Crippen LogP contribution is 2.39. The standard InChI is InChI=1S/C10H16O3/c1-6-5-8(6)10(11)13-9-3-4-12-7(9)2/h6-9H,3-5H2,1-2H3/t6-,7?,8-,9?/m0/s1. The summed E-state index contributed by atoms with van der Waals surface area (Å²) in [6.07, 6.45) is 1.94. The molecule has 1 aliphatic heterocycles. The van der Waals surface area contributed by atoms with Crippen LogP contribution in [0.2, 0.25) is 0 Å². The van der Waals surface area contributed by atoms with Gasteiger partial charge in [0.05, 0.1) is 18.6 Å². The summed E-state index contributed by atoms with van der Waals surface area (Å²) in [5, 5.41) is 0. The highest BCUT2D eigenvalue weighted by Gasteiger charge is 2.42. The van der Waals surface area contributed by atoms with Crippen molar-refractivity contribution in [3.05, 3.63) is 0 Å². The molecule has 2 rings (SSSR count). The Hall–Kier alpha value is -0.570. The predicted molar refractivity (Wildman–Crippen MR) is 47.2 cm³/mol. The van der Waals surface area contributed by atoms with Gasteiger partial charge in [0.15, 0.2) is 0 Å². The third kappa shape index (κ3) is 1.85. The lowest BCUT2D eigenvalue weighted by Crippen LogP contribution is -2.25. The maximum Gasteiger partial charge on any atom is 0.309 e. The van der Waals surface area contributed by atoms with Gasteiger partial charge in [-0.05, 0) is 19.3 Å². The molecule has 4 atom stereocenters. The second-order valence-corrected chi connectivity index (χ2v) is 4.16. The van der Waals surface area contributed by atoms with Crippen LogP contribution in [0.25, 0.3) is 0 Å². The second kappa shape index (κ2) is 3.29. The van der Waals surface area contributed by atoms with Crippen molar-refractivity contribution in [1.82, 2.24) is 0 Å². The molecule has 1 aliphatic carbocycles. The van der Waals surface area contributed by atoms with Gasteiger partial charge in [0.25, 0.3) is 0 Å². The Morgan fingerprint density at radius 1 is 1.46 bits per heavy atom. The van der Waals surface area contributed by atoms with Crippen molar-refractivity contribution in [2.75, 3.05) is 6.61 Å². The van der Waals surface area contributed by atoms with Crippen molar-refractivity contribution in [2.24, 2.45) is 11.8 Å². The first kappa shape index (κ1) is 9.00. The third-order valence-corrected chi connectivity index (χ3v) is 2.99. The van der Waals surface area contributed by atoms with Crippen LogP contribution < -0.4 is 0 Å². The summed E-state index contributed by atoms with van der Waals surface area (Å²) in [6.45, 7) is 4.76. The number of hydrogen-bond donors (Lipinski definition) is 0. The average Bonchev–Trinajstić information content (AvgIpc) is 2.68. The number of esters is 1. The minimum atomic E-state index is -0.0187. The van der Waals surface area contributed by atoms with Crippen molar-refractivity contribution in [2.45, 2.75) is 38.9 Å². The molecule has 13 heavy (non-hydrogen) atoms. The molecule has 0 aromatic rings. The quantitative estimate of drug-likeness (QED) is 0.608. The molecule has 1 saturated carbocycles. The molecule has 0 aromatic carbocycles. The molecule has 2 fully saturated rings. The summed E-state index contributed by atoms with van der Waals surface area (Å²) >= 11 is 0. The molecule has 3 nitrogen and oxygen atoms in total. The fourth-order valence-corrected chi connectivity index (χ4v) is 1.75. The van der Waals surface area contributed by atoms with Gasteiger partial charge >= 0.3 is 5.97 Å². The van der Waals surface area contributed by atoms with Crippen molar-refractivity contribution < 1.29 is 14.3 Å². The summed E-state index contributed by atoms with van der Waals surface area (Å²) in [4.78, 5) is 11.4. The Morgan fingerprint density at radius 2 is 2.15 bits per heavy atom. The van der Waals surface area contributed by atoms with Gasteiger partial charge in [-0.3, -0.25) is 4.79 Å². The lowest BCUT2D eigenvalue weighted by atomic mass is 10.2. The summed E-state index contributed by atoms with van der Waals surface area (Å²) in [6, 6.07) is 0. The van der Waals surface area contributed by atoms with E-state index in [2.05, 4.69) is 6.92 Å². The predicted octanol–water partition coefficient (Wildman–Crippen LogP) is 1.36. The van der Waals surface area contributed by atoms with Gasteiger partial charge < -0.3 is 9.47 Å². The first-order chi connectivity index (χ1) is 6.18. The summed E-state index contributed by atoms with van der Waals surface area (Å²) in [7, 11) is 0. The molecule has 0 spiro atoms. The Bertz CT molecular complexity index is 214. The van der Waals surface area contributed by atoms with E-state index in [0.29, 0.717) is 5.92 Å². The molecule has 0 radical (unpaired) electrons. The van der Waals surface area contributed by atoms with Crippen LogP contribution >= 0.6 is 0 Å². The Morgan fingerprint density at radius 3 is 2.62 bits per heavy atom. The summed E-state index contributed by atoms with van der Waals surface area (Å²) < 4.78 is 10.7. The van der Waals surface area contributed by atoms with Crippen LogP contribution in [0.15, 0.2) is 0 Å². The number of hydrogen-bond acceptors (Lipinski definition) is 3. The normalized spacial score (nSPS) is 43.2. The van der Waals surface area contributed by atoms with Crippen molar-refractivity contribution >= 4 is 5.97 Å². The number of carbonyl (C=O) groups excluding carboxylic acids is 1. The third-order valence-electron chi connectivity index (χ3n) is 2.99. The molecule has 0 aromatic heterocycles. The fourth-order valence-electron chi connectivity index (χ4n) is 1.75. The van der Waals surface area contributed by atoms with E-state index in [9.17, 15) is 4.79 Å². The van der Waals surface area contributed by atoms with Crippen LogP contribution in [-0.2, 0) is 14.3 Å². The van der Waals surface area contributed by atoms with E-state index in [4.69, 9.17) is 9.47 Å². The monoisotopic (exact) mass is 184 g/mol. The maximum absolute atomic E-state index is 11.4. The van der Waals surface area contributed by atoms with Crippen LogP contribution in [0, 0.1) is 11.8 Å². The van der Waals surface area contributed by atoms with Gasteiger partial charge in [-0.2, -0.15) is 0 Å². The molecular formula is C10H16O3. The van der Waals surface area contributed by atoms with Crippen LogP contribution in [-0.4, -0.2) is 24.8 Å². The van der Waals surface area contributed by atoms with Crippen LogP contribution in [0.5, 0.6) is 0 Å². The summed E-state index contributed by atoms with van der Waals surface area (Å²) in [5.74, 6) is 0.688. The number of ether oxygens (including phenoxy) is 2. The topological polar surface area (TPSA) is 35.5 Å². The van der Waals surface area contributed by atoms with Crippen LogP contribution in [0.4, 0.5) is 0 Å². The first-order valence-electron chi connectivity index (χ1n) is 5.00. The van der Waals surface area contributed by atoms with E-state index in [1.54, 1.807) is 0 Å². The Labute approximate surface area is 78.4 Å². The lowest BCUT2D eigenvalue weighted by Gasteiger charge is -2.14. The van der Waals surface area contributed by atoms with E-state index < -0.39 is 0 Å². The van der Waals surface area contributed by atoms with Gasteiger partial charge in [-0.1, -0.05) is 6.92 Å². The van der Waals surface area contributed by atoms with Crippen molar-refractivity contribution in [1.29, 1.82) is 0 Å². The zero-order chi connectivity index (χ0) is 9.42. The fraction of sp³-hybridized carbons (Fsp3) is 0.900. The van der Waals surface area contributed by atoms with E-state index >= 15 is 0 Å². The largest absolute Gasteiger partial charge is 0.459 e. The molecular weight excluding hydrogens is 168 g/mol.